The molecule has 2 N–H and O–H groups in total. The average molecular weight is 273 g/mol. The Labute approximate surface area is 118 Å². The molecule has 0 amide bonds. The molecule has 0 saturated carbocycles. The normalized spacial score (nSPS) is 13.7. The van der Waals surface area contributed by atoms with Crippen LogP contribution in [0.4, 0.5) is 5.82 Å². The quantitative estimate of drug-likeness (QED) is 0.860. The van der Waals surface area contributed by atoms with Crippen LogP contribution in [-0.2, 0) is 17.6 Å². The van der Waals surface area contributed by atoms with Crippen molar-refractivity contribution in [3.05, 3.63) is 22.9 Å². The Balaban J connectivity index is 2.20. The molecule has 1 aliphatic carbocycles. The van der Waals surface area contributed by atoms with Crippen molar-refractivity contribution in [2.45, 2.75) is 51.5 Å². The summed E-state index contributed by atoms with van der Waals surface area (Å²) in [5.41, 5.74) is 2.34. The van der Waals surface area contributed by atoms with E-state index in [9.17, 15) is 10.1 Å². The van der Waals surface area contributed by atoms with E-state index in [1.165, 1.54) is 0 Å². The molecule has 0 bridgehead atoms. The van der Waals surface area contributed by atoms with E-state index in [-0.39, 0.29) is 6.42 Å². The van der Waals surface area contributed by atoms with Crippen molar-refractivity contribution >= 4 is 11.8 Å². The molecule has 2 rings (SSSR count). The lowest BCUT2D eigenvalue weighted by Crippen LogP contribution is -2.32. The van der Waals surface area contributed by atoms with Crippen LogP contribution >= 0.6 is 0 Å². The molecule has 1 aromatic heterocycles. The van der Waals surface area contributed by atoms with Gasteiger partial charge in [0, 0.05) is 17.7 Å². The van der Waals surface area contributed by atoms with Gasteiger partial charge in [-0.15, -0.1) is 0 Å². The predicted octanol–water partition coefficient (Wildman–Crippen LogP) is 2.50. The fourth-order valence-electron chi connectivity index (χ4n) is 2.46. The van der Waals surface area contributed by atoms with Crippen molar-refractivity contribution in [3.63, 3.8) is 0 Å². The minimum Gasteiger partial charge on any atom is -0.481 e. The van der Waals surface area contributed by atoms with E-state index in [4.69, 9.17) is 5.11 Å². The standard InChI is InChI=1S/C15H19N3O2/c1-15(2,7-6-13(19)20)18-14-11(9-16)8-10-4-3-5-12(10)17-14/h8H,3-7H2,1-2H3,(H,17,18)(H,19,20). The second kappa shape index (κ2) is 5.49. The summed E-state index contributed by atoms with van der Waals surface area (Å²) in [6, 6.07) is 4.08. The van der Waals surface area contributed by atoms with Gasteiger partial charge in [-0.05, 0) is 51.2 Å². The fourth-order valence-corrected chi connectivity index (χ4v) is 2.46. The van der Waals surface area contributed by atoms with E-state index < -0.39 is 11.5 Å². The first kappa shape index (κ1) is 14.3. The van der Waals surface area contributed by atoms with Gasteiger partial charge in [-0.2, -0.15) is 5.26 Å². The SMILES string of the molecule is CC(C)(CCC(=O)O)Nc1nc2c(cc1C#N)CCC2. The maximum absolute atomic E-state index is 10.7. The molecule has 0 aliphatic heterocycles. The number of carboxylic acid groups (broad SMARTS) is 1. The molecule has 0 aromatic carbocycles. The zero-order valence-corrected chi connectivity index (χ0v) is 11.9. The van der Waals surface area contributed by atoms with Crippen molar-refractivity contribution in [1.29, 1.82) is 5.26 Å². The van der Waals surface area contributed by atoms with Crippen molar-refractivity contribution in [2.75, 3.05) is 5.32 Å². The first-order valence-corrected chi connectivity index (χ1v) is 6.84. The molecule has 0 atom stereocenters. The van der Waals surface area contributed by atoms with E-state index in [1.807, 2.05) is 19.9 Å². The molecule has 1 aromatic rings. The molecule has 5 heteroatoms. The lowest BCUT2D eigenvalue weighted by Gasteiger charge is -2.27. The van der Waals surface area contributed by atoms with Gasteiger partial charge < -0.3 is 10.4 Å². The monoisotopic (exact) mass is 273 g/mol. The van der Waals surface area contributed by atoms with Crippen LogP contribution in [-0.4, -0.2) is 21.6 Å². The molecule has 1 aliphatic rings. The smallest absolute Gasteiger partial charge is 0.303 e. The molecule has 0 saturated heterocycles. The first-order chi connectivity index (χ1) is 9.41. The second-order valence-electron chi connectivity index (χ2n) is 5.86. The maximum atomic E-state index is 10.7. The minimum atomic E-state index is -0.817. The molecule has 106 valence electrons. The highest BCUT2D eigenvalue weighted by atomic mass is 16.4. The van der Waals surface area contributed by atoms with Crippen LogP contribution in [0.15, 0.2) is 6.07 Å². The number of carboxylic acids is 1. The number of anilines is 1. The van der Waals surface area contributed by atoms with E-state index in [1.54, 1.807) is 0 Å². The highest BCUT2D eigenvalue weighted by Crippen LogP contribution is 2.27. The Morgan fingerprint density at radius 3 is 2.95 bits per heavy atom. The van der Waals surface area contributed by atoms with E-state index in [2.05, 4.69) is 16.4 Å². The molecule has 20 heavy (non-hydrogen) atoms. The fraction of sp³-hybridized carbons (Fsp3) is 0.533. The minimum absolute atomic E-state index is 0.0901. The van der Waals surface area contributed by atoms with Crippen LogP contribution in [0.3, 0.4) is 0 Å². The summed E-state index contributed by atoms with van der Waals surface area (Å²) in [5, 5.41) is 21.2. The molecule has 0 spiro atoms. The van der Waals surface area contributed by atoms with Gasteiger partial charge in [0.05, 0.1) is 5.56 Å². The number of pyridine rings is 1. The number of aliphatic carboxylic acids is 1. The van der Waals surface area contributed by atoms with Gasteiger partial charge in [0.2, 0.25) is 0 Å². The number of rotatable bonds is 5. The highest BCUT2D eigenvalue weighted by Gasteiger charge is 2.23. The molecule has 0 unspecified atom stereocenters. The highest BCUT2D eigenvalue weighted by molar-refractivity contribution is 5.67. The van der Waals surface area contributed by atoms with Crippen LogP contribution < -0.4 is 5.32 Å². The van der Waals surface area contributed by atoms with Crippen molar-refractivity contribution in [1.82, 2.24) is 4.98 Å². The van der Waals surface area contributed by atoms with Gasteiger partial charge in [-0.1, -0.05) is 0 Å². The lowest BCUT2D eigenvalue weighted by atomic mass is 9.98. The lowest BCUT2D eigenvalue weighted by molar-refractivity contribution is -0.137. The Hall–Kier alpha value is -2.09. The van der Waals surface area contributed by atoms with Crippen LogP contribution in [0.1, 0.15) is 49.9 Å². The van der Waals surface area contributed by atoms with Gasteiger partial charge in [-0.25, -0.2) is 4.98 Å². The Bertz CT molecular complexity index is 573. The molecule has 5 nitrogen and oxygen atoms in total. The van der Waals surface area contributed by atoms with Gasteiger partial charge >= 0.3 is 5.97 Å². The summed E-state index contributed by atoms with van der Waals surface area (Å²) in [7, 11) is 0. The average Bonchev–Trinajstić information content (AvgIpc) is 2.82. The summed E-state index contributed by atoms with van der Waals surface area (Å²) < 4.78 is 0. The topological polar surface area (TPSA) is 86.0 Å². The zero-order valence-electron chi connectivity index (χ0n) is 11.9. The second-order valence-corrected chi connectivity index (χ2v) is 5.86. The van der Waals surface area contributed by atoms with E-state index >= 15 is 0 Å². The number of nitrogens with one attached hydrogen (secondary N) is 1. The zero-order chi connectivity index (χ0) is 14.8. The number of fused-ring (bicyclic) bond motifs is 1. The van der Waals surface area contributed by atoms with Crippen LogP contribution in [0, 0.1) is 11.3 Å². The van der Waals surface area contributed by atoms with Gasteiger partial charge in [0.1, 0.15) is 11.9 Å². The largest absolute Gasteiger partial charge is 0.481 e. The maximum Gasteiger partial charge on any atom is 0.303 e. The summed E-state index contributed by atoms with van der Waals surface area (Å²) in [6.45, 7) is 3.85. The number of aryl methyl sites for hydroxylation is 2. The number of aromatic nitrogens is 1. The number of nitrogens with zero attached hydrogens (tertiary/aromatic N) is 2. The van der Waals surface area contributed by atoms with E-state index in [0.29, 0.717) is 17.8 Å². The Morgan fingerprint density at radius 2 is 2.30 bits per heavy atom. The van der Waals surface area contributed by atoms with Gasteiger partial charge in [0.15, 0.2) is 0 Å². The number of nitriles is 1. The predicted molar refractivity (Wildman–Crippen MR) is 75.5 cm³/mol. The van der Waals surface area contributed by atoms with Crippen LogP contribution in [0.25, 0.3) is 0 Å². The summed E-state index contributed by atoms with van der Waals surface area (Å²) >= 11 is 0. The molecular formula is C15H19N3O2. The van der Waals surface area contributed by atoms with Crippen molar-refractivity contribution in [2.24, 2.45) is 0 Å². The molecule has 0 fully saturated rings. The van der Waals surface area contributed by atoms with Gasteiger partial charge in [-0.3, -0.25) is 4.79 Å². The third-order valence-electron chi connectivity index (χ3n) is 3.59. The van der Waals surface area contributed by atoms with Crippen LogP contribution in [0.5, 0.6) is 0 Å². The summed E-state index contributed by atoms with van der Waals surface area (Å²) in [6.07, 6.45) is 3.59. The number of carbonyl (C=O) groups is 1. The molecular weight excluding hydrogens is 254 g/mol. The third-order valence-corrected chi connectivity index (χ3v) is 3.59. The third kappa shape index (κ3) is 3.27. The van der Waals surface area contributed by atoms with Crippen molar-refractivity contribution < 1.29 is 9.90 Å². The van der Waals surface area contributed by atoms with Crippen LogP contribution in [0.2, 0.25) is 0 Å². The number of hydrogen-bond acceptors (Lipinski definition) is 4. The Morgan fingerprint density at radius 1 is 1.55 bits per heavy atom. The summed E-state index contributed by atoms with van der Waals surface area (Å²) in [5.74, 6) is -0.245. The van der Waals surface area contributed by atoms with Crippen molar-refractivity contribution in [3.8, 4) is 6.07 Å². The number of hydrogen-bond donors (Lipinski definition) is 2. The molecule has 1 heterocycles. The van der Waals surface area contributed by atoms with Gasteiger partial charge in [0.25, 0.3) is 0 Å². The molecule has 0 radical (unpaired) electrons. The van der Waals surface area contributed by atoms with E-state index in [0.717, 1.165) is 30.5 Å². The first-order valence-electron chi connectivity index (χ1n) is 6.84. The summed E-state index contributed by atoms with van der Waals surface area (Å²) in [4.78, 5) is 15.2. The Kier molecular flexibility index (Phi) is 3.93.